The summed E-state index contributed by atoms with van der Waals surface area (Å²) in [7, 11) is 1.59. The summed E-state index contributed by atoms with van der Waals surface area (Å²) in [6, 6.07) is 1.89. The first-order valence-corrected chi connectivity index (χ1v) is 6.83. The molecule has 0 unspecified atom stereocenters. The van der Waals surface area contributed by atoms with E-state index in [1.807, 2.05) is 13.0 Å². The van der Waals surface area contributed by atoms with Crippen LogP contribution in [0.4, 0.5) is 0 Å². The minimum atomic E-state index is -0.0515. The molecule has 0 atom stereocenters. The average molecular weight is 303 g/mol. The maximum Gasteiger partial charge on any atom is 0.265 e. The zero-order valence-corrected chi connectivity index (χ0v) is 12.7. The van der Waals surface area contributed by atoms with Crippen LogP contribution in [0.2, 0.25) is 0 Å². The second kappa shape index (κ2) is 7.53. The topological polar surface area (TPSA) is 50.4 Å². The summed E-state index contributed by atoms with van der Waals surface area (Å²) >= 11 is 1.46. The van der Waals surface area contributed by atoms with Crippen LogP contribution in [0.1, 0.15) is 21.0 Å². The SMILES string of the molecule is COc1cc(C)sc1C(=O)NCC1=CCNCC1.Cl. The van der Waals surface area contributed by atoms with Crippen LogP contribution in [-0.2, 0) is 0 Å². The number of nitrogens with one attached hydrogen (secondary N) is 2. The Bertz CT molecular complexity index is 471. The molecule has 0 aromatic carbocycles. The summed E-state index contributed by atoms with van der Waals surface area (Å²) in [4.78, 5) is 13.8. The smallest absolute Gasteiger partial charge is 0.265 e. The van der Waals surface area contributed by atoms with Gasteiger partial charge in [0, 0.05) is 18.0 Å². The lowest BCUT2D eigenvalue weighted by molar-refractivity contribution is 0.0958. The maximum absolute atomic E-state index is 12.1. The second-order valence-corrected chi connectivity index (χ2v) is 5.51. The van der Waals surface area contributed by atoms with Gasteiger partial charge >= 0.3 is 0 Å². The normalized spacial score (nSPS) is 14.3. The zero-order valence-electron chi connectivity index (χ0n) is 11.1. The number of hydrogen-bond donors (Lipinski definition) is 2. The molecule has 0 saturated carbocycles. The maximum atomic E-state index is 12.1. The number of ether oxygens (including phenoxy) is 1. The van der Waals surface area contributed by atoms with Crippen LogP contribution >= 0.6 is 23.7 Å². The molecule has 1 aliphatic rings. The molecule has 0 aliphatic carbocycles. The minimum Gasteiger partial charge on any atom is -0.495 e. The number of aryl methyl sites for hydroxylation is 1. The Hall–Kier alpha value is -1.04. The number of amides is 1. The first-order valence-electron chi connectivity index (χ1n) is 6.02. The molecule has 2 N–H and O–H groups in total. The molecule has 0 fully saturated rings. The predicted molar refractivity (Wildman–Crippen MR) is 80.8 cm³/mol. The predicted octanol–water partition coefficient (Wildman–Crippen LogP) is 2.14. The lowest BCUT2D eigenvalue weighted by Crippen LogP contribution is -2.29. The van der Waals surface area contributed by atoms with Crippen molar-refractivity contribution in [2.45, 2.75) is 13.3 Å². The van der Waals surface area contributed by atoms with E-state index < -0.39 is 0 Å². The lowest BCUT2D eigenvalue weighted by atomic mass is 10.1. The van der Waals surface area contributed by atoms with Crippen molar-refractivity contribution in [3.8, 4) is 5.75 Å². The van der Waals surface area contributed by atoms with Crippen molar-refractivity contribution >= 4 is 29.7 Å². The van der Waals surface area contributed by atoms with Crippen LogP contribution in [0, 0.1) is 6.92 Å². The molecule has 2 heterocycles. The highest BCUT2D eigenvalue weighted by molar-refractivity contribution is 7.14. The Morgan fingerprint density at radius 1 is 1.58 bits per heavy atom. The van der Waals surface area contributed by atoms with E-state index in [9.17, 15) is 4.79 Å². The zero-order chi connectivity index (χ0) is 13.0. The molecule has 0 radical (unpaired) electrons. The van der Waals surface area contributed by atoms with Crippen LogP contribution in [0.3, 0.4) is 0 Å². The van der Waals surface area contributed by atoms with E-state index in [0.717, 1.165) is 24.4 Å². The van der Waals surface area contributed by atoms with Gasteiger partial charge in [0.2, 0.25) is 0 Å². The molecular weight excluding hydrogens is 284 g/mol. The van der Waals surface area contributed by atoms with Gasteiger partial charge in [-0.15, -0.1) is 23.7 Å². The molecule has 2 rings (SSSR count). The standard InChI is InChI=1S/C13H18N2O2S.ClH/c1-9-7-11(17-2)12(18-9)13(16)15-8-10-3-5-14-6-4-10;/h3,7,14H,4-6,8H2,1-2H3,(H,15,16);1H. The highest BCUT2D eigenvalue weighted by atomic mass is 35.5. The highest BCUT2D eigenvalue weighted by Crippen LogP contribution is 2.28. The quantitative estimate of drug-likeness (QED) is 0.838. The van der Waals surface area contributed by atoms with Gasteiger partial charge in [0.25, 0.3) is 5.91 Å². The third kappa shape index (κ3) is 4.23. The molecule has 1 amide bonds. The summed E-state index contributed by atoms with van der Waals surface area (Å²) in [6.45, 7) is 4.48. The van der Waals surface area contributed by atoms with Gasteiger partial charge in [-0.1, -0.05) is 11.6 Å². The minimum absolute atomic E-state index is 0. The van der Waals surface area contributed by atoms with Gasteiger partial charge in [-0.3, -0.25) is 4.79 Å². The third-order valence-electron chi connectivity index (χ3n) is 2.88. The van der Waals surface area contributed by atoms with Crippen LogP contribution < -0.4 is 15.4 Å². The van der Waals surface area contributed by atoms with Crippen molar-refractivity contribution in [1.29, 1.82) is 0 Å². The summed E-state index contributed by atoms with van der Waals surface area (Å²) in [5, 5.41) is 6.20. The fraction of sp³-hybridized carbons (Fsp3) is 0.462. The molecular formula is C13H19ClN2O2S. The Balaban J connectivity index is 0.00000180. The number of rotatable bonds is 4. The molecule has 4 nitrogen and oxygen atoms in total. The van der Waals surface area contributed by atoms with Crippen LogP contribution in [0.5, 0.6) is 5.75 Å². The fourth-order valence-corrected chi connectivity index (χ4v) is 2.80. The van der Waals surface area contributed by atoms with Gasteiger partial charge in [0.15, 0.2) is 0 Å². The highest BCUT2D eigenvalue weighted by Gasteiger charge is 2.16. The third-order valence-corrected chi connectivity index (χ3v) is 3.91. The van der Waals surface area contributed by atoms with E-state index in [1.54, 1.807) is 7.11 Å². The number of carbonyl (C=O) groups excluding carboxylic acids is 1. The molecule has 1 aromatic rings. The van der Waals surface area contributed by atoms with Crippen molar-refractivity contribution < 1.29 is 9.53 Å². The van der Waals surface area contributed by atoms with Gasteiger partial charge in [-0.2, -0.15) is 0 Å². The number of halogens is 1. The van der Waals surface area contributed by atoms with Crippen LogP contribution in [0.15, 0.2) is 17.7 Å². The van der Waals surface area contributed by atoms with Crippen molar-refractivity contribution in [3.05, 3.63) is 27.5 Å². The summed E-state index contributed by atoms with van der Waals surface area (Å²) in [5.74, 6) is 0.610. The molecule has 6 heteroatoms. The number of hydrogen-bond acceptors (Lipinski definition) is 4. The van der Waals surface area contributed by atoms with E-state index in [1.165, 1.54) is 16.9 Å². The fourth-order valence-electron chi connectivity index (χ4n) is 1.90. The Morgan fingerprint density at radius 3 is 3.00 bits per heavy atom. The van der Waals surface area contributed by atoms with Crippen molar-refractivity contribution in [2.24, 2.45) is 0 Å². The van der Waals surface area contributed by atoms with Gasteiger partial charge in [-0.25, -0.2) is 0 Å². The summed E-state index contributed by atoms with van der Waals surface area (Å²) in [5.41, 5.74) is 1.29. The molecule has 0 spiro atoms. The van der Waals surface area contributed by atoms with E-state index in [0.29, 0.717) is 17.2 Å². The summed E-state index contributed by atoms with van der Waals surface area (Å²) < 4.78 is 5.20. The molecule has 1 aromatic heterocycles. The molecule has 106 valence electrons. The number of carbonyl (C=O) groups is 1. The Morgan fingerprint density at radius 2 is 2.37 bits per heavy atom. The first kappa shape index (κ1) is 16.0. The number of thiophene rings is 1. The van der Waals surface area contributed by atoms with Gasteiger partial charge in [0.05, 0.1) is 7.11 Å². The van der Waals surface area contributed by atoms with Gasteiger partial charge < -0.3 is 15.4 Å². The van der Waals surface area contributed by atoms with Crippen molar-refractivity contribution in [2.75, 3.05) is 26.7 Å². The average Bonchev–Trinajstić information content (AvgIpc) is 2.78. The Labute approximate surface area is 123 Å². The van der Waals surface area contributed by atoms with E-state index in [2.05, 4.69) is 16.7 Å². The van der Waals surface area contributed by atoms with Gasteiger partial charge in [0.1, 0.15) is 10.6 Å². The van der Waals surface area contributed by atoms with Crippen LogP contribution in [0.25, 0.3) is 0 Å². The molecule has 0 saturated heterocycles. The van der Waals surface area contributed by atoms with Crippen molar-refractivity contribution in [1.82, 2.24) is 10.6 Å². The van der Waals surface area contributed by atoms with E-state index >= 15 is 0 Å². The molecule has 0 bridgehead atoms. The van der Waals surface area contributed by atoms with E-state index in [-0.39, 0.29) is 18.3 Å². The molecule has 19 heavy (non-hydrogen) atoms. The summed E-state index contributed by atoms with van der Waals surface area (Å²) in [6.07, 6.45) is 3.14. The first-order chi connectivity index (χ1) is 8.70. The Kier molecular flexibility index (Phi) is 6.34. The van der Waals surface area contributed by atoms with Gasteiger partial charge in [-0.05, 0) is 26.0 Å². The lowest BCUT2D eigenvalue weighted by Gasteiger charge is -2.14. The largest absolute Gasteiger partial charge is 0.495 e. The number of methoxy groups -OCH3 is 1. The molecule has 1 aliphatic heterocycles. The monoisotopic (exact) mass is 302 g/mol. The van der Waals surface area contributed by atoms with Crippen LogP contribution in [-0.4, -0.2) is 32.7 Å². The van der Waals surface area contributed by atoms with E-state index in [4.69, 9.17) is 4.74 Å². The van der Waals surface area contributed by atoms with Crippen molar-refractivity contribution in [3.63, 3.8) is 0 Å². The second-order valence-electron chi connectivity index (χ2n) is 4.25.